The highest BCUT2D eigenvalue weighted by Crippen LogP contribution is 2.40. The first-order valence-electron chi connectivity index (χ1n) is 5.30. The molecule has 0 atom stereocenters. The Kier molecular flexibility index (Phi) is 4.16. The molecule has 3 nitrogen and oxygen atoms in total. The number of halogens is 3. The number of rotatable bonds is 2. The van der Waals surface area contributed by atoms with E-state index < -0.39 is 0 Å². The summed E-state index contributed by atoms with van der Waals surface area (Å²) in [6, 6.07) is 8.72. The van der Waals surface area contributed by atoms with E-state index in [-0.39, 0.29) is 12.2 Å². The highest BCUT2D eigenvalue weighted by Gasteiger charge is 2.15. The number of nitriles is 1. The zero-order chi connectivity index (χ0) is 14.0. The van der Waals surface area contributed by atoms with Gasteiger partial charge in [-0.15, -0.1) is 0 Å². The molecule has 0 bridgehead atoms. The van der Waals surface area contributed by atoms with Crippen LogP contribution in [0.2, 0.25) is 15.1 Å². The van der Waals surface area contributed by atoms with Gasteiger partial charge in [0.15, 0.2) is 0 Å². The Labute approximate surface area is 125 Å². The Morgan fingerprint density at radius 3 is 2.42 bits per heavy atom. The molecule has 0 saturated heterocycles. The predicted molar refractivity (Wildman–Crippen MR) is 78.4 cm³/mol. The van der Waals surface area contributed by atoms with Gasteiger partial charge in [-0.3, -0.25) is 0 Å². The summed E-state index contributed by atoms with van der Waals surface area (Å²) in [6.45, 7) is 0. The molecule has 0 fully saturated rings. The van der Waals surface area contributed by atoms with Crippen molar-refractivity contribution >= 4 is 40.6 Å². The van der Waals surface area contributed by atoms with Gasteiger partial charge in [-0.2, -0.15) is 5.26 Å². The summed E-state index contributed by atoms with van der Waals surface area (Å²) in [5, 5.41) is 9.79. The highest BCUT2D eigenvalue weighted by molar-refractivity contribution is 6.46. The van der Waals surface area contributed by atoms with Gasteiger partial charge >= 0.3 is 0 Å². The monoisotopic (exact) mass is 311 g/mol. The Morgan fingerprint density at radius 1 is 1.11 bits per heavy atom. The number of nitrogens with two attached hydrogens (primary N) is 1. The van der Waals surface area contributed by atoms with Gasteiger partial charge in [0.25, 0.3) is 0 Å². The number of nitrogens with zero attached hydrogens (tertiary/aromatic N) is 2. The number of hydrogen-bond donors (Lipinski definition) is 1. The minimum absolute atomic E-state index is 0.196. The van der Waals surface area contributed by atoms with Crippen molar-refractivity contribution in [2.75, 3.05) is 5.73 Å². The van der Waals surface area contributed by atoms with Crippen LogP contribution in [-0.2, 0) is 6.42 Å². The van der Waals surface area contributed by atoms with Crippen molar-refractivity contribution in [2.24, 2.45) is 0 Å². The van der Waals surface area contributed by atoms with Gasteiger partial charge < -0.3 is 5.73 Å². The van der Waals surface area contributed by atoms with Crippen molar-refractivity contribution in [3.8, 4) is 17.2 Å². The van der Waals surface area contributed by atoms with E-state index in [1.165, 1.54) is 0 Å². The molecule has 0 spiro atoms. The van der Waals surface area contributed by atoms with E-state index >= 15 is 0 Å². The minimum Gasteiger partial charge on any atom is -0.383 e. The van der Waals surface area contributed by atoms with E-state index in [0.29, 0.717) is 31.9 Å². The van der Waals surface area contributed by atoms with Crippen LogP contribution in [-0.4, -0.2) is 4.98 Å². The van der Waals surface area contributed by atoms with Gasteiger partial charge in [0.05, 0.1) is 33.3 Å². The third kappa shape index (κ3) is 2.76. The molecule has 0 aliphatic rings. The Balaban J connectivity index is 2.60. The van der Waals surface area contributed by atoms with Crippen LogP contribution in [0.1, 0.15) is 5.69 Å². The standard InChI is InChI=1S/C13H8Cl3N3/c14-9-3-4-10(15)12(16)11(9)8-2-1-7(5-6-17)19-13(8)18/h1-4H,5H2,(H2,18,19). The zero-order valence-electron chi connectivity index (χ0n) is 9.62. The first-order chi connectivity index (χ1) is 9.04. The number of benzene rings is 1. The first kappa shape index (κ1) is 14.0. The molecule has 6 heteroatoms. The second kappa shape index (κ2) is 5.66. The molecule has 2 N–H and O–H groups in total. The maximum atomic E-state index is 8.63. The molecular formula is C13H8Cl3N3. The van der Waals surface area contributed by atoms with Crippen molar-refractivity contribution in [1.29, 1.82) is 5.26 Å². The highest BCUT2D eigenvalue weighted by atomic mass is 35.5. The van der Waals surface area contributed by atoms with E-state index in [9.17, 15) is 0 Å². The molecule has 2 aromatic rings. The summed E-state index contributed by atoms with van der Waals surface area (Å²) < 4.78 is 0. The number of aromatic nitrogens is 1. The van der Waals surface area contributed by atoms with E-state index in [1.807, 2.05) is 6.07 Å². The molecule has 2 rings (SSSR count). The number of pyridine rings is 1. The lowest BCUT2D eigenvalue weighted by molar-refractivity contribution is 1.12. The third-order valence-corrected chi connectivity index (χ3v) is 3.68. The topological polar surface area (TPSA) is 62.7 Å². The average molecular weight is 313 g/mol. The molecule has 0 aliphatic carbocycles. The van der Waals surface area contributed by atoms with Crippen LogP contribution in [0.5, 0.6) is 0 Å². The summed E-state index contributed by atoms with van der Waals surface area (Å²) in [7, 11) is 0. The van der Waals surface area contributed by atoms with Crippen molar-refractivity contribution in [3.05, 3.63) is 45.0 Å². The predicted octanol–water partition coefficient (Wildman–Crippen LogP) is 4.36. The minimum atomic E-state index is 0.196. The number of anilines is 1. The average Bonchev–Trinajstić information content (AvgIpc) is 2.37. The summed E-state index contributed by atoms with van der Waals surface area (Å²) in [5.41, 5.74) is 7.63. The Bertz CT molecular complexity index is 678. The van der Waals surface area contributed by atoms with E-state index in [2.05, 4.69) is 4.98 Å². The van der Waals surface area contributed by atoms with Crippen LogP contribution < -0.4 is 5.73 Å². The van der Waals surface area contributed by atoms with Gasteiger partial charge in [0.1, 0.15) is 5.82 Å². The zero-order valence-corrected chi connectivity index (χ0v) is 11.9. The second-order valence-corrected chi connectivity index (χ2v) is 4.98. The fraction of sp³-hybridized carbons (Fsp3) is 0.0769. The lowest BCUT2D eigenvalue weighted by Crippen LogP contribution is -1.99. The molecule has 1 heterocycles. The molecular weight excluding hydrogens is 305 g/mol. The summed E-state index contributed by atoms with van der Waals surface area (Å²) in [4.78, 5) is 4.15. The normalized spacial score (nSPS) is 10.2. The van der Waals surface area contributed by atoms with Crippen molar-refractivity contribution < 1.29 is 0 Å². The van der Waals surface area contributed by atoms with Crippen LogP contribution in [0.15, 0.2) is 24.3 Å². The maximum Gasteiger partial charge on any atom is 0.131 e. The van der Waals surface area contributed by atoms with Gasteiger partial charge in [-0.25, -0.2) is 4.98 Å². The van der Waals surface area contributed by atoms with Gasteiger partial charge in [0, 0.05) is 11.1 Å². The van der Waals surface area contributed by atoms with Crippen LogP contribution in [0, 0.1) is 11.3 Å². The largest absolute Gasteiger partial charge is 0.383 e. The number of nitrogen functional groups attached to an aromatic ring is 1. The van der Waals surface area contributed by atoms with Crippen molar-refractivity contribution in [3.63, 3.8) is 0 Å². The summed E-state index contributed by atoms with van der Waals surface area (Å²) in [5.74, 6) is 0.263. The fourth-order valence-corrected chi connectivity index (χ4v) is 2.41. The quantitative estimate of drug-likeness (QED) is 0.838. The molecule has 19 heavy (non-hydrogen) atoms. The smallest absolute Gasteiger partial charge is 0.131 e. The van der Waals surface area contributed by atoms with Crippen LogP contribution in [0.25, 0.3) is 11.1 Å². The van der Waals surface area contributed by atoms with Gasteiger partial charge in [-0.05, 0) is 24.3 Å². The number of hydrogen-bond acceptors (Lipinski definition) is 3. The van der Waals surface area contributed by atoms with Crippen LogP contribution >= 0.6 is 34.8 Å². The molecule has 0 amide bonds. The fourth-order valence-electron chi connectivity index (χ4n) is 1.68. The summed E-state index contributed by atoms with van der Waals surface area (Å²) in [6.07, 6.45) is 0.196. The Morgan fingerprint density at radius 2 is 1.79 bits per heavy atom. The lowest BCUT2D eigenvalue weighted by atomic mass is 10.1. The Hall–Kier alpha value is -1.47. The molecule has 0 unspecified atom stereocenters. The molecule has 1 aromatic heterocycles. The van der Waals surface area contributed by atoms with E-state index in [0.717, 1.165) is 0 Å². The molecule has 0 aliphatic heterocycles. The molecule has 1 aromatic carbocycles. The van der Waals surface area contributed by atoms with E-state index in [4.69, 9.17) is 45.8 Å². The second-order valence-electron chi connectivity index (χ2n) is 3.79. The van der Waals surface area contributed by atoms with Crippen molar-refractivity contribution in [1.82, 2.24) is 4.98 Å². The SMILES string of the molecule is N#CCc1ccc(-c2c(Cl)ccc(Cl)c2Cl)c(N)n1. The van der Waals surface area contributed by atoms with E-state index in [1.54, 1.807) is 24.3 Å². The van der Waals surface area contributed by atoms with Crippen molar-refractivity contribution in [2.45, 2.75) is 6.42 Å². The van der Waals surface area contributed by atoms with Crippen LogP contribution in [0.3, 0.4) is 0 Å². The third-order valence-electron chi connectivity index (χ3n) is 2.56. The first-order valence-corrected chi connectivity index (χ1v) is 6.44. The molecule has 0 radical (unpaired) electrons. The van der Waals surface area contributed by atoms with Crippen LogP contribution in [0.4, 0.5) is 5.82 Å². The van der Waals surface area contributed by atoms with Gasteiger partial charge in [0.2, 0.25) is 0 Å². The molecule has 96 valence electrons. The lowest BCUT2D eigenvalue weighted by Gasteiger charge is -2.11. The summed E-state index contributed by atoms with van der Waals surface area (Å²) >= 11 is 18.3. The van der Waals surface area contributed by atoms with Gasteiger partial charge in [-0.1, -0.05) is 34.8 Å². The molecule has 0 saturated carbocycles. The maximum absolute atomic E-state index is 8.63.